The van der Waals surface area contributed by atoms with E-state index in [0.717, 1.165) is 12.8 Å². The van der Waals surface area contributed by atoms with Gasteiger partial charge in [-0.1, -0.05) is 42.3 Å². The average Bonchev–Trinajstić information content (AvgIpc) is 3.23. The summed E-state index contributed by atoms with van der Waals surface area (Å²) in [5.74, 6) is 1.77. The minimum atomic E-state index is -0.285. The van der Waals surface area contributed by atoms with Gasteiger partial charge in [-0.25, -0.2) is 0 Å². The third-order valence-corrected chi connectivity index (χ3v) is 5.65. The Kier molecular flexibility index (Phi) is 6.43. The van der Waals surface area contributed by atoms with E-state index in [2.05, 4.69) is 15.5 Å². The zero-order chi connectivity index (χ0) is 18.5. The first-order valence-corrected chi connectivity index (χ1v) is 10.1. The Morgan fingerprint density at radius 2 is 2.19 bits per heavy atom. The van der Waals surface area contributed by atoms with Crippen LogP contribution in [0.5, 0.6) is 5.75 Å². The Hall–Kier alpha value is -1.73. The van der Waals surface area contributed by atoms with Gasteiger partial charge in [0.15, 0.2) is 17.1 Å². The van der Waals surface area contributed by atoms with E-state index >= 15 is 0 Å². The fraction of sp³-hybridized carbons (Fsp3) is 0.500. The number of nitrogens with one attached hydrogen (secondary N) is 1. The number of thioether (sulfide) groups is 1. The normalized spacial score (nSPS) is 15.8. The fourth-order valence-corrected chi connectivity index (χ4v) is 3.98. The van der Waals surface area contributed by atoms with Crippen LogP contribution in [-0.4, -0.2) is 32.5 Å². The van der Waals surface area contributed by atoms with Crippen LogP contribution in [0.1, 0.15) is 44.5 Å². The summed E-state index contributed by atoms with van der Waals surface area (Å²) >= 11 is 7.37. The number of aromatic nitrogens is 3. The second kappa shape index (κ2) is 8.77. The van der Waals surface area contributed by atoms with E-state index in [0.29, 0.717) is 33.5 Å². The van der Waals surface area contributed by atoms with Gasteiger partial charge in [-0.05, 0) is 38.0 Å². The molecule has 26 heavy (non-hydrogen) atoms. The number of rotatable bonds is 7. The number of hydrogen-bond acceptors (Lipinski definition) is 5. The Morgan fingerprint density at radius 3 is 2.92 bits per heavy atom. The predicted octanol–water partition coefficient (Wildman–Crippen LogP) is 3.76. The first-order chi connectivity index (χ1) is 12.5. The molecule has 0 saturated heterocycles. The number of amides is 1. The molecule has 0 bridgehead atoms. The molecule has 1 atom stereocenters. The number of ether oxygens (including phenoxy) is 1. The van der Waals surface area contributed by atoms with Crippen molar-refractivity contribution >= 4 is 29.3 Å². The fourth-order valence-electron chi connectivity index (χ4n) is 3.07. The minimum Gasteiger partial charge on any atom is -0.483 e. The molecule has 0 aliphatic heterocycles. The number of hydrogen-bond donors (Lipinski definition) is 1. The maximum Gasteiger partial charge on any atom is 0.230 e. The van der Waals surface area contributed by atoms with Crippen molar-refractivity contribution in [3.8, 4) is 5.75 Å². The van der Waals surface area contributed by atoms with Crippen molar-refractivity contribution in [2.24, 2.45) is 7.05 Å². The zero-order valence-corrected chi connectivity index (χ0v) is 16.5. The van der Waals surface area contributed by atoms with E-state index in [-0.39, 0.29) is 12.0 Å². The van der Waals surface area contributed by atoms with Gasteiger partial charge in [0.1, 0.15) is 5.75 Å². The van der Waals surface area contributed by atoms with Crippen LogP contribution in [0, 0.1) is 0 Å². The molecular formula is C18H23ClN4O2S. The highest BCUT2D eigenvalue weighted by atomic mass is 35.5. The summed E-state index contributed by atoms with van der Waals surface area (Å²) in [4.78, 5) is 12.1. The quantitative estimate of drug-likeness (QED) is 0.724. The van der Waals surface area contributed by atoms with E-state index in [4.69, 9.17) is 16.3 Å². The van der Waals surface area contributed by atoms with Crippen LogP contribution in [0.4, 0.5) is 0 Å². The molecule has 1 aliphatic carbocycles. The van der Waals surface area contributed by atoms with E-state index in [9.17, 15) is 4.79 Å². The van der Waals surface area contributed by atoms with Crippen LogP contribution in [-0.2, 0) is 11.8 Å². The standard InChI is InChI=1S/C18H23ClN4O2S/c1-12(25-15-9-5-6-13(19)10-15)17-21-22-18(23(17)2)26-11-16(24)20-14-7-3-4-8-14/h5-6,9-10,12,14H,3-4,7-8,11H2,1-2H3,(H,20,24). The van der Waals surface area contributed by atoms with Crippen LogP contribution >= 0.6 is 23.4 Å². The van der Waals surface area contributed by atoms with Crippen LogP contribution in [0.2, 0.25) is 5.02 Å². The first-order valence-electron chi connectivity index (χ1n) is 8.76. The van der Waals surface area contributed by atoms with Crippen molar-refractivity contribution in [1.29, 1.82) is 0 Å². The summed E-state index contributed by atoms with van der Waals surface area (Å²) in [6, 6.07) is 7.58. The Bertz CT molecular complexity index is 761. The molecule has 1 aromatic carbocycles. The molecule has 140 valence electrons. The van der Waals surface area contributed by atoms with Crippen LogP contribution in [0.3, 0.4) is 0 Å². The Morgan fingerprint density at radius 1 is 1.42 bits per heavy atom. The number of carbonyl (C=O) groups excluding carboxylic acids is 1. The lowest BCUT2D eigenvalue weighted by Crippen LogP contribution is -2.33. The van der Waals surface area contributed by atoms with Crippen LogP contribution in [0.25, 0.3) is 0 Å². The van der Waals surface area contributed by atoms with Gasteiger partial charge in [-0.3, -0.25) is 4.79 Å². The van der Waals surface area contributed by atoms with Gasteiger partial charge < -0.3 is 14.6 Å². The summed E-state index contributed by atoms with van der Waals surface area (Å²) in [7, 11) is 1.88. The minimum absolute atomic E-state index is 0.0506. The van der Waals surface area contributed by atoms with Gasteiger partial charge >= 0.3 is 0 Å². The molecular weight excluding hydrogens is 372 g/mol. The average molecular weight is 395 g/mol. The number of benzene rings is 1. The molecule has 1 aliphatic rings. The summed E-state index contributed by atoms with van der Waals surface area (Å²) in [5, 5.41) is 12.8. The lowest BCUT2D eigenvalue weighted by atomic mass is 10.2. The van der Waals surface area contributed by atoms with Crippen molar-refractivity contribution in [3.63, 3.8) is 0 Å². The lowest BCUT2D eigenvalue weighted by molar-refractivity contribution is -0.119. The molecule has 6 nitrogen and oxygen atoms in total. The van der Waals surface area contributed by atoms with Gasteiger partial charge in [0.05, 0.1) is 5.75 Å². The largest absolute Gasteiger partial charge is 0.483 e. The Balaban J connectivity index is 1.55. The van der Waals surface area contributed by atoms with Gasteiger partial charge in [0.2, 0.25) is 5.91 Å². The molecule has 0 spiro atoms. The molecule has 1 unspecified atom stereocenters. The molecule has 1 aromatic heterocycles. The highest BCUT2D eigenvalue weighted by Gasteiger charge is 2.20. The number of halogens is 1. The second-order valence-corrected chi connectivity index (χ2v) is 7.83. The molecule has 1 amide bonds. The molecule has 8 heteroatoms. The molecule has 1 fully saturated rings. The van der Waals surface area contributed by atoms with Crippen molar-refractivity contribution in [3.05, 3.63) is 35.1 Å². The maximum absolute atomic E-state index is 12.1. The highest BCUT2D eigenvalue weighted by Crippen LogP contribution is 2.25. The van der Waals surface area contributed by atoms with Crippen molar-refractivity contribution in [2.45, 2.75) is 49.9 Å². The maximum atomic E-state index is 12.1. The summed E-state index contributed by atoms with van der Waals surface area (Å²) in [5.41, 5.74) is 0. The molecule has 2 aromatic rings. The second-order valence-electron chi connectivity index (χ2n) is 6.45. The lowest BCUT2D eigenvalue weighted by Gasteiger charge is -2.14. The van der Waals surface area contributed by atoms with Crippen LogP contribution in [0.15, 0.2) is 29.4 Å². The topological polar surface area (TPSA) is 69.0 Å². The van der Waals surface area contributed by atoms with E-state index in [1.165, 1.54) is 24.6 Å². The van der Waals surface area contributed by atoms with Gasteiger partial charge in [0.25, 0.3) is 0 Å². The van der Waals surface area contributed by atoms with Crippen LogP contribution < -0.4 is 10.1 Å². The SMILES string of the molecule is CC(Oc1cccc(Cl)c1)c1nnc(SCC(=O)NC2CCCC2)n1C. The third-order valence-electron chi connectivity index (χ3n) is 4.39. The number of carbonyl (C=O) groups is 1. The van der Waals surface area contributed by atoms with Crippen molar-refractivity contribution in [2.75, 3.05) is 5.75 Å². The summed E-state index contributed by atoms with van der Waals surface area (Å²) < 4.78 is 7.76. The van der Waals surface area contributed by atoms with E-state index in [1.807, 2.05) is 30.7 Å². The monoisotopic (exact) mass is 394 g/mol. The molecule has 3 rings (SSSR count). The van der Waals surface area contributed by atoms with Crippen molar-refractivity contribution < 1.29 is 9.53 Å². The van der Waals surface area contributed by atoms with E-state index < -0.39 is 0 Å². The van der Waals surface area contributed by atoms with Gasteiger partial charge in [-0.15, -0.1) is 10.2 Å². The molecule has 0 radical (unpaired) electrons. The van der Waals surface area contributed by atoms with Gasteiger partial charge in [0, 0.05) is 18.1 Å². The van der Waals surface area contributed by atoms with E-state index in [1.54, 1.807) is 12.1 Å². The number of nitrogens with zero attached hydrogens (tertiary/aromatic N) is 3. The highest BCUT2D eigenvalue weighted by molar-refractivity contribution is 7.99. The zero-order valence-electron chi connectivity index (χ0n) is 14.9. The molecule has 1 saturated carbocycles. The first kappa shape index (κ1) is 19.0. The Labute approximate surface area is 162 Å². The summed E-state index contributed by atoms with van der Waals surface area (Å²) in [6.07, 6.45) is 4.30. The molecule has 1 N–H and O–H groups in total. The smallest absolute Gasteiger partial charge is 0.230 e. The predicted molar refractivity (Wildman–Crippen MR) is 103 cm³/mol. The van der Waals surface area contributed by atoms with Crippen molar-refractivity contribution in [1.82, 2.24) is 20.1 Å². The molecule has 1 heterocycles. The third kappa shape index (κ3) is 4.92. The summed E-state index contributed by atoms with van der Waals surface area (Å²) in [6.45, 7) is 1.91. The van der Waals surface area contributed by atoms with Gasteiger partial charge in [-0.2, -0.15) is 0 Å².